The van der Waals surface area contributed by atoms with E-state index >= 15 is 0 Å². The number of aryl methyl sites for hydroxylation is 1. The van der Waals surface area contributed by atoms with E-state index in [0.29, 0.717) is 18.6 Å². The summed E-state index contributed by atoms with van der Waals surface area (Å²) in [6.07, 6.45) is 0. The molecule has 0 aromatic heterocycles. The van der Waals surface area contributed by atoms with Crippen molar-refractivity contribution in [1.82, 2.24) is 0 Å². The highest BCUT2D eigenvalue weighted by molar-refractivity contribution is 9.10. The zero-order valence-electron chi connectivity index (χ0n) is 9.83. The molecule has 0 unspecified atom stereocenters. The molecule has 2 nitrogen and oxygen atoms in total. The van der Waals surface area contributed by atoms with Crippen LogP contribution in [0.25, 0.3) is 0 Å². The highest BCUT2D eigenvalue weighted by Crippen LogP contribution is 2.24. The Morgan fingerprint density at radius 3 is 2.81 bits per heavy atom. The van der Waals surface area contributed by atoms with Crippen LogP contribution in [0.2, 0.25) is 0 Å². The molecule has 0 saturated heterocycles. The van der Waals surface area contributed by atoms with Gasteiger partial charge in [0.05, 0.1) is 11.6 Å². The van der Waals surface area contributed by atoms with Gasteiger partial charge < -0.3 is 4.74 Å². The summed E-state index contributed by atoms with van der Waals surface area (Å²) in [5, 5.41) is 0. The van der Waals surface area contributed by atoms with E-state index in [1.54, 1.807) is 0 Å². The summed E-state index contributed by atoms with van der Waals surface area (Å²) in [6.45, 7) is 7.12. The maximum absolute atomic E-state index is 5.67. The average Bonchev–Trinajstić information content (AvgIpc) is 2.70. The van der Waals surface area contributed by atoms with E-state index in [1.165, 1.54) is 5.56 Å². The standard InChI is InChI=1S/C13H16BrNO/c1-8(2)12-7-16-13(15-12)10-6-9(3)4-5-11(10)14/h4-6,8,12H,7H2,1-3H3/t12-/m0/s1. The summed E-state index contributed by atoms with van der Waals surface area (Å²) in [5.41, 5.74) is 2.28. The zero-order valence-corrected chi connectivity index (χ0v) is 11.4. The number of aliphatic imine (C=N–C) groups is 1. The third-order valence-electron chi connectivity index (χ3n) is 2.80. The van der Waals surface area contributed by atoms with Gasteiger partial charge in [0.2, 0.25) is 5.90 Å². The minimum absolute atomic E-state index is 0.294. The van der Waals surface area contributed by atoms with E-state index in [1.807, 2.05) is 6.07 Å². The lowest BCUT2D eigenvalue weighted by atomic mass is 10.1. The Hall–Kier alpha value is -0.830. The van der Waals surface area contributed by atoms with Crippen molar-refractivity contribution < 1.29 is 4.74 Å². The molecule has 0 fully saturated rings. The van der Waals surface area contributed by atoms with Gasteiger partial charge in [-0.1, -0.05) is 25.5 Å². The van der Waals surface area contributed by atoms with Crippen LogP contribution in [-0.2, 0) is 4.74 Å². The molecule has 1 aliphatic heterocycles. The quantitative estimate of drug-likeness (QED) is 0.812. The van der Waals surface area contributed by atoms with Crippen LogP contribution in [-0.4, -0.2) is 18.5 Å². The van der Waals surface area contributed by atoms with Crippen LogP contribution in [0.15, 0.2) is 27.7 Å². The monoisotopic (exact) mass is 281 g/mol. The van der Waals surface area contributed by atoms with Gasteiger partial charge >= 0.3 is 0 Å². The van der Waals surface area contributed by atoms with Gasteiger partial charge in [-0.05, 0) is 40.9 Å². The molecule has 0 bridgehead atoms. The molecule has 0 saturated carbocycles. The molecule has 1 aromatic rings. The number of halogens is 1. The number of hydrogen-bond donors (Lipinski definition) is 0. The number of benzene rings is 1. The lowest BCUT2D eigenvalue weighted by molar-refractivity contribution is 0.291. The summed E-state index contributed by atoms with van der Waals surface area (Å²) < 4.78 is 6.71. The smallest absolute Gasteiger partial charge is 0.217 e. The molecule has 3 heteroatoms. The number of hydrogen-bond acceptors (Lipinski definition) is 2. The Bertz CT molecular complexity index is 426. The van der Waals surface area contributed by atoms with E-state index in [-0.39, 0.29) is 0 Å². The van der Waals surface area contributed by atoms with Gasteiger partial charge in [-0.15, -0.1) is 0 Å². The summed E-state index contributed by atoms with van der Waals surface area (Å²) >= 11 is 3.54. The Morgan fingerprint density at radius 1 is 1.44 bits per heavy atom. The van der Waals surface area contributed by atoms with Gasteiger partial charge in [0.15, 0.2) is 0 Å². The van der Waals surface area contributed by atoms with Crippen LogP contribution >= 0.6 is 15.9 Å². The van der Waals surface area contributed by atoms with Crippen molar-refractivity contribution >= 4 is 21.8 Å². The van der Waals surface area contributed by atoms with Crippen molar-refractivity contribution in [3.63, 3.8) is 0 Å². The molecule has 2 rings (SSSR count). The largest absolute Gasteiger partial charge is 0.475 e. The molecule has 0 amide bonds. The first-order chi connectivity index (χ1) is 7.58. The molecule has 0 radical (unpaired) electrons. The van der Waals surface area contributed by atoms with E-state index in [4.69, 9.17) is 4.74 Å². The van der Waals surface area contributed by atoms with Crippen LogP contribution in [0.1, 0.15) is 25.0 Å². The average molecular weight is 282 g/mol. The van der Waals surface area contributed by atoms with Crippen molar-refractivity contribution in [2.75, 3.05) is 6.61 Å². The fraction of sp³-hybridized carbons (Fsp3) is 0.462. The van der Waals surface area contributed by atoms with Gasteiger partial charge in [-0.25, -0.2) is 4.99 Å². The molecule has 16 heavy (non-hydrogen) atoms. The summed E-state index contributed by atoms with van der Waals surface area (Å²) in [6, 6.07) is 6.51. The normalized spacial score (nSPS) is 19.8. The van der Waals surface area contributed by atoms with Crippen molar-refractivity contribution in [3.05, 3.63) is 33.8 Å². The first kappa shape index (κ1) is 11.6. The highest BCUT2D eigenvalue weighted by atomic mass is 79.9. The van der Waals surface area contributed by atoms with Crippen molar-refractivity contribution in [1.29, 1.82) is 0 Å². The predicted molar refractivity (Wildman–Crippen MR) is 70.0 cm³/mol. The minimum Gasteiger partial charge on any atom is -0.475 e. The number of ether oxygens (including phenoxy) is 1. The highest BCUT2D eigenvalue weighted by Gasteiger charge is 2.23. The second kappa shape index (κ2) is 4.58. The lowest BCUT2D eigenvalue weighted by Crippen LogP contribution is -2.13. The molecule has 1 aromatic carbocycles. The second-order valence-corrected chi connectivity index (χ2v) is 5.39. The van der Waals surface area contributed by atoms with E-state index < -0.39 is 0 Å². The van der Waals surface area contributed by atoms with Crippen LogP contribution in [0.4, 0.5) is 0 Å². The molecule has 0 spiro atoms. The maximum atomic E-state index is 5.67. The molecule has 1 heterocycles. The van der Waals surface area contributed by atoms with E-state index in [2.05, 4.69) is 53.8 Å². The third-order valence-corrected chi connectivity index (χ3v) is 3.49. The maximum Gasteiger partial charge on any atom is 0.217 e. The van der Waals surface area contributed by atoms with Crippen LogP contribution in [0, 0.1) is 12.8 Å². The Kier molecular flexibility index (Phi) is 3.33. The molecule has 1 atom stereocenters. The minimum atomic E-state index is 0.294. The van der Waals surface area contributed by atoms with E-state index in [9.17, 15) is 0 Å². The first-order valence-corrected chi connectivity index (χ1v) is 6.34. The Morgan fingerprint density at radius 2 is 2.19 bits per heavy atom. The molecular weight excluding hydrogens is 266 g/mol. The van der Waals surface area contributed by atoms with Crippen molar-refractivity contribution in [2.45, 2.75) is 26.8 Å². The van der Waals surface area contributed by atoms with Gasteiger partial charge in [0.1, 0.15) is 6.61 Å². The first-order valence-electron chi connectivity index (χ1n) is 5.55. The summed E-state index contributed by atoms with van der Waals surface area (Å²) in [5.74, 6) is 1.30. The summed E-state index contributed by atoms with van der Waals surface area (Å²) in [7, 11) is 0. The lowest BCUT2D eigenvalue weighted by Gasteiger charge is -2.06. The number of rotatable bonds is 2. The van der Waals surface area contributed by atoms with Gasteiger partial charge in [-0.3, -0.25) is 0 Å². The van der Waals surface area contributed by atoms with Gasteiger partial charge in [0.25, 0.3) is 0 Å². The molecular formula is C13H16BrNO. The summed E-state index contributed by atoms with van der Waals surface area (Å²) in [4.78, 5) is 4.62. The molecule has 86 valence electrons. The SMILES string of the molecule is Cc1ccc(Br)c(C2=N[C@H](C(C)C)CO2)c1. The zero-order chi connectivity index (χ0) is 11.7. The fourth-order valence-corrected chi connectivity index (χ4v) is 2.10. The van der Waals surface area contributed by atoms with Crippen LogP contribution in [0.3, 0.4) is 0 Å². The fourth-order valence-electron chi connectivity index (χ4n) is 1.68. The molecule has 1 aliphatic rings. The molecule has 0 N–H and O–H groups in total. The van der Waals surface area contributed by atoms with Crippen LogP contribution in [0.5, 0.6) is 0 Å². The number of nitrogens with zero attached hydrogens (tertiary/aromatic N) is 1. The predicted octanol–water partition coefficient (Wildman–Crippen LogP) is 3.56. The van der Waals surface area contributed by atoms with Crippen molar-refractivity contribution in [2.24, 2.45) is 10.9 Å². The van der Waals surface area contributed by atoms with Crippen LogP contribution < -0.4 is 0 Å². The Balaban J connectivity index is 2.32. The topological polar surface area (TPSA) is 21.6 Å². The Labute approximate surface area is 105 Å². The second-order valence-electron chi connectivity index (χ2n) is 4.54. The van der Waals surface area contributed by atoms with E-state index in [0.717, 1.165) is 15.9 Å². The van der Waals surface area contributed by atoms with Gasteiger partial charge in [-0.2, -0.15) is 0 Å². The van der Waals surface area contributed by atoms with Crippen molar-refractivity contribution in [3.8, 4) is 0 Å². The molecule has 0 aliphatic carbocycles. The van der Waals surface area contributed by atoms with Gasteiger partial charge in [0, 0.05) is 4.47 Å². The third kappa shape index (κ3) is 2.29.